The molecule has 4 atom stereocenters. The molecule has 0 aliphatic carbocycles. The molecule has 0 bridgehead atoms. The number of imidazole rings is 1. The first-order valence-corrected chi connectivity index (χ1v) is 5.25. The molecule has 0 amide bonds. The van der Waals surface area contributed by atoms with Crippen molar-refractivity contribution in [3.63, 3.8) is 0 Å². The van der Waals surface area contributed by atoms with Gasteiger partial charge < -0.3 is 25.1 Å². The maximum absolute atomic E-state index is 10.7. The summed E-state index contributed by atoms with van der Waals surface area (Å²) in [6.45, 7) is -0.413. The fourth-order valence-electron chi connectivity index (χ4n) is 1.72. The Bertz CT molecular complexity index is 425. The standard InChI is InChI=1S/C8H10ClN3O5/c9-5-6(14)4(3-13)17-7(5)11-2-1-10-8(11)12(15)16/h1-2,4-7,13-14H,3H2/t4-,5+,6-,7-/m1/s1. The fraction of sp³-hybridized carbons (Fsp3) is 0.625. The molecule has 2 heterocycles. The van der Waals surface area contributed by atoms with Crippen LogP contribution < -0.4 is 0 Å². The fourth-order valence-corrected chi connectivity index (χ4v) is 2.07. The van der Waals surface area contributed by atoms with E-state index in [1.165, 1.54) is 12.4 Å². The van der Waals surface area contributed by atoms with E-state index in [4.69, 9.17) is 21.4 Å². The minimum Gasteiger partial charge on any atom is -0.394 e. The number of hydrogen-bond donors (Lipinski definition) is 2. The third kappa shape index (κ3) is 2.00. The molecule has 1 aliphatic heterocycles. The van der Waals surface area contributed by atoms with E-state index >= 15 is 0 Å². The zero-order valence-corrected chi connectivity index (χ0v) is 9.27. The van der Waals surface area contributed by atoms with Crippen molar-refractivity contribution in [1.82, 2.24) is 9.55 Å². The van der Waals surface area contributed by atoms with Crippen molar-refractivity contribution in [1.29, 1.82) is 0 Å². The van der Waals surface area contributed by atoms with Crippen molar-refractivity contribution in [2.45, 2.75) is 23.8 Å². The van der Waals surface area contributed by atoms with Crippen LogP contribution in [0.5, 0.6) is 0 Å². The van der Waals surface area contributed by atoms with Crippen LogP contribution in [0.1, 0.15) is 6.23 Å². The SMILES string of the molecule is O=[N+]([O-])c1nccn1[C@@H]1O[C@H](CO)[C@@H](O)[C@@H]1Cl. The number of ether oxygens (including phenoxy) is 1. The lowest BCUT2D eigenvalue weighted by atomic mass is 10.2. The average molecular weight is 264 g/mol. The van der Waals surface area contributed by atoms with Gasteiger partial charge in [-0.25, -0.2) is 4.57 Å². The second kappa shape index (κ2) is 4.57. The predicted octanol–water partition coefficient (Wildman–Crippen LogP) is -0.351. The molecule has 0 spiro atoms. The maximum Gasteiger partial charge on any atom is 0.436 e. The van der Waals surface area contributed by atoms with Gasteiger partial charge in [0.05, 0.1) is 6.61 Å². The summed E-state index contributed by atoms with van der Waals surface area (Å²) in [5.74, 6) is -0.425. The van der Waals surface area contributed by atoms with E-state index in [0.717, 1.165) is 4.57 Å². The van der Waals surface area contributed by atoms with E-state index in [9.17, 15) is 15.2 Å². The first-order valence-electron chi connectivity index (χ1n) is 4.82. The van der Waals surface area contributed by atoms with Gasteiger partial charge >= 0.3 is 5.95 Å². The molecular weight excluding hydrogens is 254 g/mol. The molecule has 8 nitrogen and oxygen atoms in total. The summed E-state index contributed by atoms with van der Waals surface area (Å²) in [6.07, 6.45) is -0.293. The van der Waals surface area contributed by atoms with Gasteiger partial charge in [0.1, 0.15) is 30.0 Å². The molecule has 1 saturated heterocycles. The monoisotopic (exact) mass is 263 g/mol. The molecule has 2 rings (SSSR count). The molecular formula is C8H10ClN3O5. The van der Waals surface area contributed by atoms with Crippen molar-refractivity contribution >= 4 is 17.5 Å². The lowest BCUT2D eigenvalue weighted by Crippen LogP contribution is -2.30. The summed E-state index contributed by atoms with van der Waals surface area (Å²) < 4.78 is 6.38. The van der Waals surface area contributed by atoms with Crippen molar-refractivity contribution in [2.24, 2.45) is 0 Å². The van der Waals surface area contributed by atoms with Crippen LogP contribution in [0, 0.1) is 10.1 Å². The average Bonchev–Trinajstić information content (AvgIpc) is 2.86. The highest BCUT2D eigenvalue weighted by molar-refractivity contribution is 6.21. The molecule has 1 aliphatic rings. The van der Waals surface area contributed by atoms with Crippen molar-refractivity contribution in [2.75, 3.05) is 6.61 Å². The Balaban J connectivity index is 2.29. The van der Waals surface area contributed by atoms with Crippen molar-refractivity contribution in [3.05, 3.63) is 22.5 Å². The molecule has 1 fully saturated rings. The minimum atomic E-state index is -1.09. The Morgan fingerprint density at radius 1 is 1.71 bits per heavy atom. The number of nitro groups is 1. The van der Waals surface area contributed by atoms with Gasteiger partial charge in [-0.2, -0.15) is 0 Å². The zero-order valence-electron chi connectivity index (χ0n) is 8.51. The van der Waals surface area contributed by atoms with E-state index < -0.39 is 41.3 Å². The Morgan fingerprint density at radius 2 is 2.41 bits per heavy atom. The van der Waals surface area contributed by atoms with E-state index in [0.29, 0.717) is 0 Å². The Labute approximate surface area is 101 Å². The summed E-state index contributed by atoms with van der Waals surface area (Å²) in [5, 5.41) is 28.4. The number of hydrogen-bond acceptors (Lipinski definition) is 6. The van der Waals surface area contributed by atoms with E-state index in [-0.39, 0.29) is 0 Å². The zero-order chi connectivity index (χ0) is 12.6. The van der Waals surface area contributed by atoms with Gasteiger partial charge in [0, 0.05) is 0 Å². The Hall–Kier alpha value is -1.22. The number of halogens is 1. The van der Waals surface area contributed by atoms with Gasteiger partial charge in [0.25, 0.3) is 0 Å². The van der Waals surface area contributed by atoms with Gasteiger partial charge in [0.2, 0.25) is 6.23 Å². The van der Waals surface area contributed by atoms with Crippen LogP contribution in [0.15, 0.2) is 12.4 Å². The molecule has 9 heteroatoms. The predicted molar refractivity (Wildman–Crippen MR) is 55.5 cm³/mol. The topological polar surface area (TPSA) is 111 Å². The minimum absolute atomic E-state index is 0.413. The van der Waals surface area contributed by atoms with Crippen molar-refractivity contribution in [3.8, 4) is 0 Å². The summed E-state index contributed by atoms with van der Waals surface area (Å²) in [6, 6.07) is 0. The molecule has 0 unspecified atom stereocenters. The normalized spacial score (nSPS) is 32.9. The number of aliphatic hydroxyl groups is 2. The lowest BCUT2D eigenvalue weighted by Gasteiger charge is -2.12. The molecule has 0 saturated carbocycles. The molecule has 0 radical (unpaired) electrons. The number of aromatic nitrogens is 2. The molecule has 2 N–H and O–H groups in total. The van der Waals surface area contributed by atoms with E-state index in [1.807, 2.05) is 0 Å². The van der Waals surface area contributed by atoms with Gasteiger partial charge in [-0.1, -0.05) is 4.98 Å². The third-order valence-electron chi connectivity index (χ3n) is 2.56. The smallest absolute Gasteiger partial charge is 0.394 e. The first-order chi connectivity index (χ1) is 8.06. The molecule has 0 aromatic carbocycles. The number of aliphatic hydroxyl groups excluding tert-OH is 2. The van der Waals surface area contributed by atoms with Crippen LogP contribution in [-0.4, -0.2) is 48.9 Å². The summed E-state index contributed by atoms with van der Waals surface area (Å²) in [5.41, 5.74) is 0. The van der Waals surface area contributed by atoms with Crippen molar-refractivity contribution < 1.29 is 19.9 Å². The molecule has 17 heavy (non-hydrogen) atoms. The highest BCUT2D eigenvalue weighted by Crippen LogP contribution is 2.35. The molecule has 1 aromatic rings. The van der Waals surface area contributed by atoms with Crippen LogP contribution in [0.4, 0.5) is 5.95 Å². The van der Waals surface area contributed by atoms with Crippen LogP contribution in [0.3, 0.4) is 0 Å². The van der Waals surface area contributed by atoms with E-state index in [2.05, 4.69) is 4.98 Å². The third-order valence-corrected chi connectivity index (χ3v) is 3.03. The van der Waals surface area contributed by atoms with E-state index in [1.54, 1.807) is 0 Å². The number of alkyl halides is 1. The summed E-state index contributed by atoms with van der Waals surface area (Å²) in [4.78, 5) is 13.6. The summed E-state index contributed by atoms with van der Waals surface area (Å²) in [7, 11) is 0. The highest BCUT2D eigenvalue weighted by Gasteiger charge is 2.46. The quantitative estimate of drug-likeness (QED) is 0.438. The first kappa shape index (κ1) is 12.2. The van der Waals surface area contributed by atoms with Gasteiger partial charge in [-0.15, -0.1) is 11.6 Å². The van der Waals surface area contributed by atoms with Gasteiger partial charge in [-0.05, 0) is 4.92 Å². The largest absolute Gasteiger partial charge is 0.436 e. The Kier molecular flexibility index (Phi) is 3.29. The van der Waals surface area contributed by atoms with Gasteiger partial charge in [-0.3, -0.25) is 0 Å². The number of rotatable bonds is 3. The second-order valence-electron chi connectivity index (χ2n) is 3.57. The van der Waals surface area contributed by atoms with Gasteiger partial charge in [0.15, 0.2) is 0 Å². The van der Waals surface area contributed by atoms with Crippen LogP contribution in [0.25, 0.3) is 0 Å². The second-order valence-corrected chi connectivity index (χ2v) is 4.08. The summed E-state index contributed by atoms with van der Waals surface area (Å²) >= 11 is 5.91. The number of nitrogens with zero attached hydrogens (tertiary/aromatic N) is 3. The van der Waals surface area contributed by atoms with Crippen LogP contribution in [0.2, 0.25) is 0 Å². The lowest BCUT2D eigenvalue weighted by molar-refractivity contribution is -0.398. The Morgan fingerprint density at radius 3 is 2.94 bits per heavy atom. The van der Waals surface area contributed by atoms with Crippen LogP contribution in [-0.2, 0) is 4.74 Å². The maximum atomic E-state index is 10.7. The highest BCUT2D eigenvalue weighted by atomic mass is 35.5. The molecule has 1 aromatic heterocycles. The molecule has 94 valence electrons. The van der Waals surface area contributed by atoms with Crippen LogP contribution >= 0.6 is 11.6 Å².